The number of aliphatic hydroxyl groups is 1. The third-order valence-corrected chi connectivity index (χ3v) is 8.35. The van der Waals surface area contributed by atoms with Crippen LogP contribution in [0.2, 0.25) is 0 Å². The maximum Gasteiger partial charge on any atom is 0.131 e. The van der Waals surface area contributed by atoms with E-state index in [0.29, 0.717) is 11.8 Å². The van der Waals surface area contributed by atoms with Gasteiger partial charge < -0.3 is 9.59 Å². The topological polar surface area (TPSA) is 33.1 Å². The molecule has 3 fully saturated rings. The standard InChI is InChI=1S/C30H31N2O/c1-2-22-20-32(19-21-11-12-23-7-3-4-8-24(23)17-21)16-14-25(22)18-29(32)30(33)27-13-15-31-28-10-6-5-9-26(27)28/h2-13,15,17,22,25,29-30,33H,1,14,16,18-20H2/q+1/t22-,25-,29+,30-,32?/m0/s1. The van der Waals surface area contributed by atoms with Gasteiger partial charge >= 0.3 is 0 Å². The maximum absolute atomic E-state index is 11.9. The van der Waals surface area contributed by atoms with Crippen LogP contribution in [0, 0.1) is 11.8 Å². The van der Waals surface area contributed by atoms with Crippen LogP contribution in [0.3, 0.4) is 0 Å². The molecule has 7 rings (SSSR count). The third-order valence-electron chi connectivity index (χ3n) is 8.35. The molecule has 4 aromatic rings. The molecule has 2 bridgehead atoms. The quantitative estimate of drug-likeness (QED) is 0.307. The lowest BCUT2D eigenvalue weighted by atomic mass is 9.71. The van der Waals surface area contributed by atoms with Crippen LogP contribution >= 0.6 is 0 Å². The number of aliphatic hydroxyl groups excluding tert-OH is 1. The van der Waals surface area contributed by atoms with Crippen molar-refractivity contribution in [1.29, 1.82) is 0 Å². The molecule has 3 aliphatic heterocycles. The van der Waals surface area contributed by atoms with Gasteiger partial charge in [0, 0.05) is 35.9 Å². The molecule has 33 heavy (non-hydrogen) atoms. The van der Waals surface area contributed by atoms with Gasteiger partial charge in [0.1, 0.15) is 18.7 Å². The molecule has 0 amide bonds. The van der Waals surface area contributed by atoms with E-state index in [1.54, 1.807) is 0 Å². The molecule has 3 heteroatoms. The van der Waals surface area contributed by atoms with E-state index in [-0.39, 0.29) is 6.04 Å². The van der Waals surface area contributed by atoms with E-state index >= 15 is 0 Å². The Hall–Kier alpha value is -3.01. The Morgan fingerprint density at radius 3 is 2.73 bits per heavy atom. The first kappa shape index (κ1) is 20.6. The summed E-state index contributed by atoms with van der Waals surface area (Å²) in [5.74, 6) is 1.14. The molecule has 0 radical (unpaired) electrons. The van der Waals surface area contributed by atoms with Gasteiger partial charge in [-0.15, -0.1) is 6.58 Å². The summed E-state index contributed by atoms with van der Waals surface area (Å²) in [6.45, 7) is 7.30. The van der Waals surface area contributed by atoms with Crippen molar-refractivity contribution in [2.75, 3.05) is 13.1 Å². The number of pyridine rings is 1. The van der Waals surface area contributed by atoms with E-state index in [2.05, 4.69) is 66.2 Å². The van der Waals surface area contributed by atoms with Crippen LogP contribution in [0.25, 0.3) is 21.7 Å². The van der Waals surface area contributed by atoms with E-state index in [1.807, 2.05) is 30.5 Å². The zero-order valence-electron chi connectivity index (χ0n) is 19.0. The van der Waals surface area contributed by atoms with E-state index in [0.717, 1.165) is 47.0 Å². The number of nitrogens with zero attached hydrogens (tertiary/aromatic N) is 2. The lowest BCUT2D eigenvalue weighted by molar-refractivity contribution is -0.984. The smallest absolute Gasteiger partial charge is 0.131 e. The molecule has 1 unspecified atom stereocenters. The molecular weight excluding hydrogens is 404 g/mol. The van der Waals surface area contributed by atoms with E-state index in [9.17, 15) is 5.11 Å². The highest BCUT2D eigenvalue weighted by molar-refractivity contribution is 5.83. The molecule has 4 heterocycles. The number of hydrogen-bond donors (Lipinski definition) is 1. The van der Waals surface area contributed by atoms with Gasteiger partial charge in [-0.2, -0.15) is 0 Å². The minimum atomic E-state index is -0.507. The summed E-state index contributed by atoms with van der Waals surface area (Å²) >= 11 is 0. The van der Waals surface area contributed by atoms with Crippen molar-refractivity contribution in [1.82, 2.24) is 4.98 Å². The van der Waals surface area contributed by atoms with Crippen molar-refractivity contribution in [3.8, 4) is 0 Å². The molecule has 3 aromatic carbocycles. The summed E-state index contributed by atoms with van der Waals surface area (Å²) in [6, 6.07) is 25.8. The van der Waals surface area contributed by atoms with E-state index in [1.165, 1.54) is 22.8 Å². The lowest BCUT2D eigenvalue weighted by Gasteiger charge is -2.58. The molecule has 1 N–H and O–H groups in total. The number of fused-ring (bicyclic) bond motifs is 5. The maximum atomic E-state index is 11.9. The van der Waals surface area contributed by atoms with Gasteiger partial charge in [0.05, 0.1) is 18.6 Å². The highest BCUT2D eigenvalue weighted by Crippen LogP contribution is 2.48. The van der Waals surface area contributed by atoms with Crippen LogP contribution < -0.4 is 0 Å². The monoisotopic (exact) mass is 435 g/mol. The second kappa shape index (κ2) is 8.09. The molecule has 3 nitrogen and oxygen atoms in total. The normalized spacial score (nSPS) is 27.6. The molecule has 3 aliphatic rings. The van der Waals surface area contributed by atoms with E-state index in [4.69, 9.17) is 0 Å². The molecule has 166 valence electrons. The van der Waals surface area contributed by atoms with Crippen molar-refractivity contribution in [3.05, 3.63) is 103 Å². The number of quaternary nitrogens is 1. The zero-order chi connectivity index (χ0) is 22.4. The van der Waals surface area contributed by atoms with Gasteiger partial charge in [0.15, 0.2) is 0 Å². The number of para-hydroxylation sites is 1. The van der Waals surface area contributed by atoms with Gasteiger partial charge in [0.2, 0.25) is 0 Å². The Bertz CT molecular complexity index is 1330. The van der Waals surface area contributed by atoms with Crippen LogP contribution in [0.15, 0.2) is 91.6 Å². The first-order valence-electron chi connectivity index (χ1n) is 12.1. The van der Waals surface area contributed by atoms with Crippen molar-refractivity contribution in [3.63, 3.8) is 0 Å². The first-order chi connectivity index (χ1) is 16.2. The zero-order valence-corrected chi connectivity index (χ0v) is 19.0. The molecule has 1 aromatic heterocycles. The van der Waals surface area contributed by atoms with E-state index < -0.39 is 6.10 Å². The number of aromatic nitrogens is 1. The molecule has 5 atom stereocenters. The fraction of sp³-hybridized carbons (Fsp3) is 0.300. The highest BCUT2D eigenvalue weighted by atomic mass is 16.3. The Morgan fingerprint density at radius 2 is 1.85 bits per heavy atom. The van der Waals surface area contributed by atoms with Crippen LogP contribution in [0.4, 0.5) is 0 Å². The Labute approximate surface area is 195 Å². The summed E-state index contributed by atoms with van der Waals surface area (Å²) < 4.78 is 0.934. The Morgan fingerprint density at radius 1 is 1.03 bits per heavy atom. The minimum absolute atomic E-state index is 0.178. The fourth-order valence-electron chi connectivity index (χ4n) is 6.67. The summed E-state index contributed by atoms with van der Waals surface area (Å²) in [5, 5.41) is 15.5. The number of piperidine rings is 3. The predicted molar refractivity (Wildman–Crippen MR) is 135 cm³/mol. The number of rotatable bonds is 5. The SMILES string of the molecule is C=C[C@H]1C[N+]2(Cc3ccc4ccccc4c3)CC[C@H]1C[C@@H]2[C@@H](O)c1ccnc2ccccc12. The van der Waals surface area contributed by atoms with Crippen molar-refractivity contribution in [2.24, 2.45) is 11.8 Å². The van der Waals surface area contributed by atoms with Gasteiger partial charge in [-0.3, -0.25) is 4.98 Å². The third kappa shape index (κ3) is 3.47. The summed E-state index contributed by atoms with van der Waals surface area (Å²) in [7, 11) is 0. The van der Waals surface area contributed by atoms with Crippen molar-refractivity contribution in [2.45, 2.75) is 31.5 Å². The van der Waals surface area contributed by atoms with Crippen molar-refractivity contribution >= 4 is 21.7 Å². The van der Waals surface area contributed by atoms with Gasteiger partial charge in [-0.25, -0.2) is 0 Å². The average Bonchev–Trinajstić information content (AvgIpc) is 2.87. The Balaban J connectivity index is 1.41. The highest BCUT2D eigenvalue weighted by Gasteiger charge is 2.53. The molecule has 0 saturated carbocycles. The van der Waals surface area contributed by atoms with Crippen LogP contribution in [-0.4, -0.2) is 33.7 Å². The predicted octanol–water partition coefficient (Wildman–Crippen LogP) is 6.03. The molecule has 0 aliphatic carbocycles. The van der Waals surface area contributed by atoms with Crippen LogP contribution in [-0.2, 0) is 6.54 Å². The fourth-order valence-corrected chi connectivity index (χ4v) is 6.67. The molecule has 0 spiro atoms. The van der Waals surface area contributed by atoms with Gasteiger partial charge in [0.25, 0.3) is 0 Å². The Kier molecular flexibility index (Phi) is 5.05. The number of benzene rings is 3. The summed E-state index contributed by atoms with van der Waals surface area (Å²) in [6.07, 6.45) is 5.76. The van der Waals surface area contributed by atoms with Crippen LogP contribution in [0.1, 0.15) is 30.1 Å². The average molecular weight is 436 g/mol. The number of hydrogen-bond acceptors (Lipinski definition) is 2. The van der Waals surface area contributed by atoms with Crippen molar-refractivity contribution < 1.29 is 9.59 Å². The molecule has 3 saturated heterocycles. The lowest BCUT2D eigenvalue weighted by Crippen LogP contribution is -2.67. The summed E-state index contributed by atoms with van der Waals surface area (Å²) in [5.41, 5.74) is 3.33. The minimum Gasteiger partial charge on any atom is -0.382 e. The largest absolute Gasteiger partial charge is 0.382 e. The van der Waals surface area contributed by atoms with Crippen LogP contribution in [0.5, 0.6) is 0 Å². The second-order valence-electron chi connectivity index (χ2n) is 10.1. The van der Waals surface area contributed by atoms with Gasteiger partial charge in [-0.1, -0.05) is 60.7 Å². The van der Waals surface area contributed by atoms with Gasteiger partial charge in [-0.05, 0) is 40.5 Å². The molecular formula is C30H31N2O+. The summed E-state index contributed by atoms with van der Waals surface area (Å²) in [4.78, 5) is 4.53. The second-order valence-corrected chi connectivity index (χ2v) is 10.1. The first-order valence-corrected chi connectivity index (χ1v) is 12.1.